The maximum Gasteiger partial charge on any atom is 0.176 e. The maximum absolute atomic E-state index is 13.0. The first-order valence-electron chi connectivity index (χ1n) is 13.7. The smallest absolute Gasteiger partial charge is 0.176 e. The lowest BCUT2D eigenvalue weighted by molar-refractivity contribution is 0.0923. The third-order valence-electron chi connectivity index (χ3n) is 6.45. The van der Waals surface area contributed by atoms with Gasteiger partial charge in [0.1, 0.15) is 5.75 Å². The van der Waals surface area contributed by atoms with E-state index in [1.54, 1.807) is 24.3 Å². The average Bonchev–Trinajstić information content (AvgIpc) is 2.91. The molecule has 0 saturated carbocycles. The van der Waals surface area contributed by atoms with Crippen LogP contribution in [0.5, 0.6) is 5.75 Å². The number of phenols is 1. The topological polar surface area (TPSA) is 49.8 Å². The van der Waals surface area contributed by atoms with Crippen LogP contribution in [-0.4, -0.2) is 42.1 Å². The Balaban J connectivity index is 1.71. The van der Waals surface area contributed by atoms with E-state index in [1.807, 2.05) is 18.2 Å². The van der Waals surface area contributed by atoms with Crippen molar-refractivity contribution in [2.75, 3.05) is 26.3 Å². The van der Waals surface area contributed by atoms with Crippen LogP contribution >= 0.6 is 0 Å². The summed E-state index contributed by atoms with van der Waals surface area (Å²) >= 11 is 0. The number of ether oxygens (including phenoxy) is 1. The Bertz CT molecular complexity index is 994. The van der Waals surface area contributed by atoms with E-state index in [0.717, 1.165) is 64.8 Å². The van der Waals surface area contributed by atoms with Crippen LogP contribution in [-0.2, 0) is 11.3 Å². The van der Waals surface area contributed by atoms with Gasteiger partial charge in [-0.25, -0.2) is 0 Å². The first kappa shape index (κ1) is 30.3. The number of carbonyl (C=O) groups is 1. The van der Waals surface area contributed by atoms with E-state index < -0.39 is 0 Å². The van der Waals surface area contributed by atoms with Gasteiger partial charge in [-0.2, -0.15) is 0 Å². The fourth-order valence-corrected chi connectivity index (χ4v) is 4.31. The number of aromatic hydroxyl groups is 1. The number of unbranched alkanes of at least 4 members (excludes halogenated alkanes) is 4. The predicted molar refractivity (Wildman–Crippen MR) is 156 cm³/mol. The van der Waals surface area contributed by atoms with Gasteiger partial charge in [0.05, 0.1) is 6.54 Å². The molecule has 4 heteroatoms. The Morgan fingerprint density at radius 1 is 0.973 bits per heavy atom. The molecular weight excluding hydrogens is 458 g/mol. The molecule has 0 spiro atoms. The van der Waals surface area contributed by atoms with E-state index >= 15 is 0 Å². The summed E-state index contributed by atoms with van der Waals surface area (Å²) in [5.41, 5.74) is 3.79. The van der Waals surface area contributed by atoms with Crippen LogP contribution in [0.1, 0.15) is 80.3 Å². The summed E-state index contributed by atoms with van der Waals surface area (Å²) < 4.78 is 5.83. The summed E-state index contributed by atoms with van der Waals surface area (Å²) in [5, 5.41) is 9.89. The molecule has 0 bridgehead atoms. The molecule has 37 heavy (non-hydrogen) atoms. The second kappa shape index (κ2) is 18.3. The summed E-state index contributed by atoms with van der Waals surface area (Å²) in [6.45, 7) is 11.5. The second-order valence-electron chi connectivity index (χ2n) is 9.44. The van der Waals surface area contributed by atoms with Gasteiger partial charge < -0.3 is 9.84 Å². The van der Waals surface area contributed by atoms with E-state index in [2.05, 4.69) is 55.7 Å². The summed E-state index contributed by atoms with van der Waals surface area (Å²) in [5.74, 6) is 0.198. The SMILES string of the molecule is C=Cc1cc(C(=O)CN(CCCCCCOCCCCC(/C=C\C)=C/C)Cc2ccccc2)ccc1O. The molecule has 4 nitrogen and oxygen atoms in total. The molecule has 0 radical (unpaired) electrons. The Morgan fingerprint density at radius 2 is 1.70 bits per heavy atom. The van der Waals surface area contributed by atoms with Gasteiger partial charge in [0.2, 0.25) is 0 Å². The maximum atomic E-state index is 13.0. The number of hydrogen-bond donors (Lipinski definition) is 1. The zero-order chi connectivity index (χ0) is 26.7. The van der Waals surface area contributed by atoms with Crippen molar-refractivity contribution < 1.29 is 14.6 Å². The molecule has 2 aromatic rings. The molecule has 2 aromatic carbocycles. The van der Waals surface area contributed by atoms with E-state index in [4.69, 9.17) is 4.74 Å². The normalized spacial score (nSPS) is 11.9. The van der Waals surface area contributed by atoms with Crippen molar-refractivity contribution in [3.63, 3.8) is 0 Å². The molecule has 0 aliphatic rings. The van der Waals surface area contributed by atoms with E-state index in [1.165, 1.54) is 17.6 Å². The molecule has 0 amide bonds. The average molecular weight is 504 g/mol. The van der Waals surface area contributed by atoms with Crippen LogP contribution in [0.4, 0.5) is 0 Å². The largest absolute Gasteiger partial charge is 0.507 e. The third kappa shape index (κ3) is 12.2. The quantitative estimate of drug-likeness (QED) is 0.120. The summed E-state index contributed by atoms with van der Waals surface area (Å²) in [6, 6.07) is 15.3. The Hall–Kier alpha value is -2.95. The molecule has 2 rings (SSSR count). The first-order valence-corrected chi connectivity index (χ1v) is 13.7. The molecule has 0 heterocycles. The minimum atomic E-state index is 0.0553. The van der Waals surface area contributed by atoms with Crippen LogP contribution in [0.25, 0.3) is 6.08 Å². The molecule has 0 saturated heterocycles. The first-order chi connectivity index (χ1) is 18.1. The van der Waals surface area contributed by atoms with Gasteiger partial charge in [-0.1, -0.05) is 79.6 Å². The highest BCUT2D eigenvalue weighted by molar-refractivity contribution is 5.98. The Kier molecular flexibility index (Phi) is 15.0. The highest BCUT2D eigenvalue weighted by atomic mass is 16.5. The number of benzene rings is 2. The van der Waals surface area contributed by atoms with Gasteiger partial charge in [-0.05, 0) is 76.3 Å². The zero-order valence-electron chi connectivity index (χ0n) is 22.8. The number of ketones is 1. The van der Waals surface area contributed by atoms with Crippen molar-refractivity contribution in [1.29, 1.82) is 0 Å². The number of phenolic OH excluding ortho intramolecular Hbond substituents is 1. The molecule has 0 fully saturated rings. The molecular formula is C33H45NO3. The number of Topliss-reactive ketones (excluding diaryl/α,β-unsaturated/α-hetero) is 1. The summed E-state index contributed by atoms with van der Waals surface area (Å²) in [4.78, 5) is 15.2. The second-order valence-corrected chi connectivity index (χ2v) is 9.44. The molecule has 1 N–H and O–H groups in total. The fourth-order valence-electron chi connectivity index (χ4n) is 4.31. The van der Waals surface area contributed by atoms with Crippen LogP contribution in [0.3, 0.4) is 0 Å². The standard InChI is InChI=1S/C33H45NO3/c1-4-16-28(5-2)17-12-15-24-37-23-14-8-7-13-22-34(26-29-18-10-9-11-19-29)27-33(36)31-20-21-32(35)30(6-3)25-31/h4-6,9-11,16,18-21,25,35H,3,7-8,12-15,17,22-24,26-27H2,1-2H3/b16-4-,28-5+. The minimum Gasteiger partial charge on any atom is -0.507 e. The summed E-state index contributed by atoms with van der Waals surface area (Å²) in [6.07, 6.45) is 15.8. The monoisotopic (exact) mass is 503 g/mol. The van der Waals surface area contributed by atoms with Crippen LogP contribution in [0, 0.1) is 0 Å². The zero-order valence-corrected chi connectivity index (χ0v) is 22.8. The fraction of sp³-hybridized carbons (Fsp3) is 0.424. The van der Waals surface area contributed by atoms with E-state index in [9.17, 15) is 9.90 Å². The van der Waals surface area contributed by atoms with Crippen LogP contribution < -0.4 is 0 Å². The molecule has 0 aliphatic heterocycles. The number of rotatable bonds is 19. The van der Waals surface area contributed by atoms with Crippen LogP contribution in [0.2, 0.25) is 0 Å². The van der Waals surface area contributed by atoms with Crippen molar-refractivity contribution >= 4 is 11.9 Å². The lowest BCUT2D eigenvalue weighted by Gasteiger charge is -2.22. The third-order valence-corrected chi connectivity index (χ3v) is 6.45. The summed E-state index contributed by atoms with van der Waals surface area (Å²) in [7, 11) is 0. The molecule has 0 aromatic heterocycles. The highest BCUT2D eigenvalue weighted by Crippen LogP contribution is 2.20. The van der Waals surface area contributed by atoms with Crippen molar-refractivity contribution in [2.24, 2.45) is 0 Å². The molecule has 0 unspecified atom stereocenters. The lowest BCUT2D eigenvalue weighted by atomic mass is 10.1. The van der Waals surface area contributed by atoms with Crippen molar-refractivity contribution in [3.8, 4) is 5.75 Å². The van der Waals surface area contributed by atoms with Crippen molar-refractivity contribution in [3.05, 3.63) is 95.6 Å². The van der Waals surface area contributed by atoms with Crippen molar-refractivity contribution in [2.45, 2.75) is 65.3 Å². The predicted octanol–water partition coefficient (Wildman–Crippen LogP) is 7.99. The number of nitrogens with zero attached hydrogens (tertiary/aromatic N) is 1. The minimum absolute atomic E-state index is 0.0553. The number of carbonyl (C=O) groups excluding carboxylic acids is 1. The van der Waals surface area contributed by atoms with E-state index in [-0.39, 0.29) is 11.5 Å². The van der Waals surface area contributed by atoms with Gasteiger partial charge in [0, 0.05) is 30.9 Å². The van der Waals surface area contributed by atoms with E-state index in [0.29, 0.717) is 17.7 Å². The van der Waals surface area contributed by atoms with Gasteiger partial charge in [-0.3, -0.25) is 9.69 Å². The molecule has 0 atom stereocenters. The highest BCUT2D eigenvalue weighted by Gasteiger charge is 2.14. The van der Waals surface area contributed by atoms with Gasteiger partial charge in [0.25, 0.3) is 0 Å². The van der Waals surface area contributed by atoms with Crippen molar-refractivity contribution in [1.82, 2.24) is 4.90 Å². The van der Waals surface area contributed by atoms with Gasteiger partial charge >= 0.3 is 0 Å². The molecule has 0 aliphatic carbocycles. The molecule has 200 valence electrons. The van der Waals surface area contributed by atoms with Gasteiger partial charge in [-0.15, -0.1) is 0 Å². The van der Waals surface area contributed by atoms with Gasteiger partial charge in [0.15, 0.2) is 5.78 Å². The van der Waals surface area contributed by atoms with Crippen LogP contribution in [0.15, 0.2) is 78.9 Å². The number of allylic oxidation sites excluding steroid dienone is 4. The number of hydrogen-bond acceptors (Lipinski definition) is 4. The Morgan fingerprint density at radius 3 is 2.41 bits per heavy atom. The Labute approximate surface area is 224 Å². The lowest BCUT2D eigenvalue weighted by Crippen LogP contribution is -2.30.